The summed E-state index contributed by atoms with van der Waals surface area (Å²) in [5.41, 5.74) is 1.95. The highest BCUT2D eigenvalue weighted by atomic mass is 32.1. The Kier molecular flexibility index (Phi) is 6.70. The molecule has 134 valence electrons. The van der Waals surface area contributed by atoms with Crippen LogP contribution in [0.4, 0.5) is 11.4 Å². The summed E-state index contributed by atoms with van der Waals surface area (Å²) < 4.78 is 0. The second-order valence-corrected chi connectivity index (χ2v) is 6.48. The number of anilines is 1. The van der Waals surface area contributed by atoms with Crippen LogP contribution in [0.2, 0.25) is 0 Å². The molecule has 0 fully saturated rings. The van der Waals surface area contributed by atoms with E-state index in [9.17, 15) is 10.1 Å². The lowest BCUT2D eigenvalue weighted by Crippen LogP contribution is -2.40. The van der Waals surface area contributed by atoms with E-state index >= 15 is 0 Å². The van der Waals surface area contributed by atoms with Gasteiger partial charge in [-0.05, 0) is 19.1 Å². The molecule has 0 aliphatic heterocycles. The average Bonchev–Trinajstić information content (AvgIpc) is 3.00. The highest BCUT2D eigenvalue weighted by Gasteiger charge is 2.08. The van der Waals surface area contributed by atoms with Gasteiger partial charge in [0.15, 0.2) is 5.96 Å². The van der Waals surface area contributed by atoms with Crippen LogP contribution in [0, 0.1) is 17.0 Å². The van der Waals surface area contributed by atoms with Crippen molar-refractivity contribution in [2.24, 2.45) is 4.99 Å². The van der Waals surface area contributed by atoms with Crippen LogP contribution >= 0.6 is 11.3 Å². The first-order chi connectivity index (χ1) is 12.0. The largest absolute Gasteiger partial charge is 0.383 e. The maximum atomic E-state index is 10.6. The summed E-state index contributed by atoms with van der Waals surface area (Å²) in [7, 11) is 3.71. The van der Waals surface area contributed by atoms with Crippen molar-refractivity contribution >= 4 is 28.7 Å². The summed E-state index contributed by atoms with van der Waals surface area (Å²) in [5.74, 6) is 0.788. The van der Waals surface area contributed by atoms with Gasteiger partial charge in [0.2, 0.25) is 0 Å². The minimum absolute atomic E-state index is 0.0861. The molecule has 0 saturated carbocycles. The Labute approximate surface area is 150 Å². The Bertz CT molecular complexity index is 728. The van der Waals surface area contributed by atoms with Gasteiger partial charge in [-0.25, -0.2) is 4.98 Å². The van der Waals surface area contributed by atoms with Crippen LogP contribution in [0.25, 0.3) is 0 Å². The summed E-state index contributed by atoms with van der Waals surface area (Å²) in [6, 6.07) is 6.37. The third-order valence-corrected chi connectivity index (χ3v) is 4.28. The molecule has 8 nitrogen and oxygen atoms in total. The number of non-ortho nitro benzene ring substituents is 1. The molecule has 0 atom stereocenters. The molecule has 9 heteroatoms. The number of aryl methyl sites for hydroxylation is 1. The summed E-state index contributed by atoms with van der Waals surface area (Å²) in [5, 5.41) is 20.2. The average molecular weight is 362 g/mol. The number of thiazole rings is 1. The van der Waals surface area contributed by atoms with E-state index < -0.39 is 4.92 Å². The highest BCUT2D eigenvalue weighted by molar-refractivity contribution is 7.09. The van der Waals surface area contributed by atoms with Crippen LogP contribution in [-0.4, -0.2) is 48.0 Å². The standard InChI is InChI=1S/C16H22N6O2S/c1-12-20-14(11-25-12)10-21(3)16(17-2)19-9-8-18-13-4-6-15(7-5-13)22(23)24/h4-7,11,18H,8-10H2,1-3H3,(H,17,19). The van der Waals surface area contributed by atoms with Crippen molar-refractivity contribution in [1.82, 2.24) is 15.2 Å². The van der Waals surface area contributed by atoms with Crippen LogP contribution in [0.1, 0.15) is 10.7 Å². The van der Waals surface area contributed by atoms with Gasteiger partial charge in [-0.2, -0.15) is 0 Å². The predicted octanol–water partition coefficient (Wildman–Crippen LogP) is 2.48. The fraction of sp³-hybridized carbons (Fsp3) is 0.375. The number of hydrogen-bond acceptors (Lipinski definition) is 6. The van der Waals surface area contributed by atoms with Gasteiger partial charge in [-0.1, -0.05) is 0 Å². The summed E-state index contributed by atoms with van der Waals surface area (Å²) in [4.78, 5) is 21.0. The van der Waals surface area contributed by atoms with Gasteiger partial charge >= 0.3 is 0 Å². The quantitative estimate of drug-likeness (QED) is 0.258. The predicted molar refractivity (Wildman–Crippen MR) is 101 cm³/mol. The van der Waals surface area contributed by atoms with Crippen molar-refractivity contribution < 1.29 is 4.92 Å². The molecule has 2 aromatic rings. The molecule has 1 heterocycles. The van der Waals surface area contributed by atoms with E-state index in [-0.39, 0.29) is 5.69 Å². The Morgan fingerprint density at radius 2 is 2.08 bits per heavy atom. The van der Waals surface area contributed by atoms with E-state index in [4.69, 9.17) is 0 Å². The van der Waals surface area contributed by atoms with Crippen molar-refractivity contribution in [3.63, 3.8) is 0 Å². The molecule has 0 aliphatic rings. The number of nitrogens with zero attached hydrogens (tertiary/aromatic N) is 4. The first-order valence-corrected chi connectivity index (χ1v) is 8.68. The SMILES string of the molecule is CN=C(NCCNc1ccc([N+](=O)[O-])cc1)N(C)Cc1csc(C)n1. The molecule has 1 aromatic heterocycles. The Morgan fingerprint density at radius 3 is 2.64 bits per heavy atom. The molecule has 0 amide bonds. The Hall–Kier alpha value is -2.68. The fourth-order valence-corrected chi connectivity index (χ4v) is 2.87. The third kappa shape index (κ3) is 5.71. The number of aromatic nitrogens is 1. The van der Waals surface area contributed by atoms with Gasteiger partial charge in [-0.15, -0.1) is 11.3 Å². The molecular formula is C16H22N6O2S. The minimum Gasteiger partial charge on any atom is -0.383 e. The van der Waals surface area contributed by atoms with Gasteiger partial charge in [0, 0.05) is 50.4 Å². The number of hydrogen-bond donors (Lipinski definition) is 2. The lowest BCUT2D eigenvalue weighted by Gasteiger charge is -2.21. The zero-order valence-electron chi connectivity index (χ0n) is 14.5. The van der Waals surface area contributed by atoms with E-state index in [2.05, 4.69) is 26.0 Å². The van der Waals surface area contributed by atoms with Crippen molar-refractivity contribution in [2.45, 2.75) is 13.5 Å². The summed E-state index contributed by atoms with van der Waals surface area (Å²) in [6.45, 7) is 4.02. The Balaban J connectivity index is 1.76. The number of nitro groups is 1. The van der Waals surface area contributed by atoms with Crippen molar-refractivity contribution in [3.8, 4) is 0 Å². The lowest BCUT2D eigenvalue weighted by molar-refractivity contribution is -0.384. The molecule has 2 N–H and O–H groups in total. The first-order valence-electron chi connectivity index (χ1n) is 7.80. The van der Waals surface area contributed by atoms with Crippen LogP contribution in [-0.2, 0) is 6.54 Å². The molecule has 0 spiro atoms. The van der Waals surface area contributed by atoms with Crippen molar-refractivity contribution in [2.75, 3.05) is 32.5 Å². The van der Waals surface area contributed by atoms with E-state index in [1.54, 1.807) is 30.5 Å². The first kappa shape index (κ1) is 18.7. The lowest BCUT2D eigenvalue weighted by atomic mass is 10.3. The van der Waals surface area contributed by atoms with Crippen LogP contribution in [0.3, 0.4) is 0 Å². The van der Waals surface area contributed by atoms with E-state index in [1.165, 1.54) is 12.1 Å². The zero-order valence-corrected chi connectivity index (χ0v) is 15.3. The smallest absolute Gasteiger partial charge is 0.269 e. The molecule has 0 aliphatic carbocycles. The molecule has 0 unspecified atom stereocenters. The van der Waals surface area contributed by atoms with Gasteiger partial charge < -0.3 is 15.5 Å². The number of guanidine groups is 1. The maximum absolute atomic E-state index is 10.6. The van der Waals surface area contributed by atoms with Crippen LogP contribution in [0.15, 0.2) is 34.6 Å². The van der Waals surface area contributed by atoms with Crippen molar-refractivity contribution in [3.05, 3.63) is 50.5 Å². The summed E-state index contributed by atoms with van der Waals surface area (Å²) >= 11 is 1.64. The second-order valence-electron chi connectivity index (χ2n) is 5.42. The molecule has 25 heavy (non-hydrogen) atoms. The van der Waals surface area contributed by atoms with Gasteiger partial charge in [0.05, 0.1) is 22.2 Å². The molecular weight excluding hydrogens is 340 g/mol. The molecule has 2 rings (SSSR count). The number of benzene rings is 1. The topological polar surface area (TPSA) is 95.7 Å². The number of aliphatic imine (C=N–C) groups is 1. The van der Waals surface area contributed by atoms with E-state index in [0.29, 0.717) is 19.6 Å². The fourth-order valence-electron chi connectivity index (χ4n) is 2.27. The van der Waals surface area contributed by atoms with E-state index in [1.807, 2.05) is 18.9 Å². The monoisotopic (exact) mass is 362 g/mol. The normalized spacial score (nSPS) is 11.2. The van der Waals surface area contributed by atoms with Gasteiger partial charge in [0.1, 0.15) is 0 Å². The molecule has 0 radical (unpaired) electrons. The number of nitrogens with one attached hydrogen (secondary N) is 2. The summed E-state index contributed by atoms with van der Waals surface area (Å²) in [6.07, 6.45) is 0. The van der Waals surface area contributed by atoms with Crippen LogP contribution in [0.5, 0.6) is 0 Å². The maximum Gasteiger partial charge on any atom is 0.269 e. The molecule has 0 bridgehead atoms. The highest BCUT2D eigenvalue weighted by Crippen LogP contribution is 2.15. The van der Waals surface area contributed by atoms with Crippen LogP contribution < -0.4 is 10.6 Å². The van der Waals surface area contributed by atoms with Crippen molar-refractivity contribution in [1.29, 1.82) is 0 Å². The zero-order chi connectivity index (χ0) is 18.2. The molecule has 0 saturated heterocycles. The molecule has 1 aromatic carbocycles. The van der Waals surface area contributed by atoms with E-state index in [0.717, 1.165) is 22.3 Å². The van der Waals surface area contributed by atoms with Gasteiger partial charge in [-0.3, -0.25) is 15.1 Å². The third-order valence-electron chi connectivity index (χ3n) is 3.45. The second kappa shape index (κ2) is 8.97. The number of nitro benzene ring substituents is 1. The number of rotatable bonds is 7. The Morgan fingerprint density at radius 1 is 1.36 bits per heavy atom. The minimum atomic E-state index is -0.408. The van der Waals surface area contributed by atoms with Gasteiger partial charge in [0.25, 0.3) is 5.69 Å².